The molecule has 18 heavy (non-hydrogen) atoms. The topological polar surface area (TPSA) is 53.7 Å². The molecule has 2 rings (SSSR count). The summed E-state index contributed by atoms with van der Waals surface area (Å²) in [6.45, 7) is 6.91. The first-order valence-corrected chi connectivity index (χ1v) is 6.23. The van der Waals surface area contributed by atoms with E-state index in [1.807, 2.05) is 12.1 Å². The van der Waals surface area contributed by atoms with E-state index in [0.29, 0.717) is 24.9 Å². The second kappa shape index (κ2) is 5.40. The summed E-state index contributed by atoms with van der Waals surface area (Å²) in [5.74, 6) is 2.30. The zero-order valence-corrected chi connectivity index (χ0v) is 10.6. The van der Waals surface area contributed by atoms with Gasteiger partial charge in [-0.15, -0.1) is 6.58 Å². The quantitative estimate of drug-likeness (QED) is 0.754. The van der Waals surface area contributed by atoms with E-state index in [2.05, 4.69) is 13.5 Å². The molecule has 0 aliphatic heterocycles. The highest BCUT2D eigenvalue weighted by Crippen LogP contribution is 2.47. The van der Waals surface area contributed by atoms with Crippen LogP contribution in [0, 0.1) is 5.92 Å². The lowest BCUT2D eigenvalue weighted by molar-refractivity contribution is -0.138. The van der Waals surface area contributed by atoms with Crippen LogP contribution in [-0.4, -0.2) is 29.1 Å². The number of hydrogen-bond acceptors (Lipinski definition) is 3. The lowest BCUT2D eigenvalue weighted by Gasteiger charge is -2.16. The van der Waals surface area contributed by atoms with Crippen LogP contribution in [0.4, 0.5) is 0 Å². The Balaban J connectivity index is 1.95. The molecule has 0 saturated heterocycles. The van der Waals surface area contributed by atoms with Gasteiger partial charge in [0.1, 0.15) is 11.5 Å². The second-order valence-electron chi connectivity index (χ2n) is 4.98. The number of carboxylic acid groups (broad SMARTS) is 1. The van der Waals surface area contributed by atoms with E-state index in [9.17, 15) is 4.79 Å². The van der Waals surface area contributed by atoms with Gasteiger partial charge in [-0.3, -0.25) is 9.69 Å². The first-order chi connectivity index (χ1) is 8.60. The number of nitrogens with zero attached hydrogens (tertiary/aromatic N) is 1. The molecule has 1 aliphatic rings. The molecule has 1 fully saturated rings. The second-order valence-corrected chi connectivity index (χ2v) is 4.98. The molecule has 4 heteroatoms. The van der Waals surface area contributed by atoms with Gasteiger partial charge in [0, 0.05) is 12.5 Å². The maximum Gasteiger partial charge on any atom is 0.317 e. The fraction of sp³-hybridized carbons (Fsp3) is 0.500. The van der Waals surface area contributed by atoms with Crippen molar-refractivity contribution in [1.29, 1.82) is 0 Å². The molecule has 1 N–H and O–H groups in total. The van der Waals surface area contributed by atoms with Gasteiger partial charge < -0.3 is 9.52 Å². The van der Waals surface area contributed by atoms with Crippen LogP contribution >= 0.6 is 0 Å². The summed E-state index contributed by atoms with van der Waals surface area (Å²) in [4.78, 5) is 12.5. The molecule has 1 aromatic heterocycles. The zero-order chi connectivity index (χ0) is 13.1. The van der Waals surface area contributed by atoms with Crippen molar-refractivity contribution in [3.8, 4) is 0 Å². The normalized spacial score (nSPS) is 22.1. The van der Waals surface area contributed by atoms with E-state index < -0.39 is 5.97 Å². The predicted octanol–water partition coefficient (Wildman–Crippen LogP) is 2.48. The number of furan rings is 1. The Morgan fingerprint density at radius 1 is 1.67 bits per heavy atom. The average Bonchev–Trinajstić information content (AvgIpc) is 2.84. The van der Waals surface area contributed by atoms with Gasteiger partial charge in [-0.2, -0.15) is 0 Å². The first-order valence-electron chi connectivity index (χ1n) is 6.23. The van der Waals surface area contributed by atoms with Gasteiger partial charge in [0.2, 0.25) is 0 Å². The van der Waals surface area contributed by atoms with Gasteiger partial charge in [-0.05, 0) is 24.5 Å². The fourth-order valence-electron chi connectivity index (χ4n) is 2.18. The molecular formula is C14H19NO3. The number of carboxylic acids is 1. The van der Waals surface area contributed by atoms with Crippen LogP contribution in [0.15, 0.2) is 29.2 Å². The maximum absolute atomic E-state index is 10.7. The summed E-state index contributed by atoms with van der Waals surface area (Å²) in [5, 5.41) is 8.82. The number of rotatable bonds is 7. The first kappa shape index (κ1) is 12.9. The van der Waals surface area contributed by atoms with Crippen LogP contribution in [-0.2, 0) is 11.3 Å². The molecule has 98 valence electrons. The van der Waals surface area contributed by atoms with Crippen molar-refractivity contribution in [3.05, 3.63) is 36.3 Å². The van der Waals surface area contributed by atoms with Crippen LogP contribution in [0.1, 0.15) is 30.8 Å². The predicted molar refractivity (Wildman–Crippen MR) is 68.3 cm³/mol. The third-order valence-corrected chi connectivity index (χ3v) is 3.28. The summed E-state index contributed by atoms with van der Waals surface area (Å²) < 4.78 is 5.77. The molecular weight excluding hydrogens is 230 g/mol. The van der Waals surface area contributed by atoms with Crippen LogP contribution in [0.5, 0.6) is 0 Å². The Bertz CT molecular complexity index is 438. The van der Waals surface area contributed by atoms with Gasteiger partial charge in [0.05, 0.1) is 13.1 Å². The van der Waals surface area contributed by atoms with Gasteiger partial charge in [0.15, 0.2) is 0 Å². The molecule has 0 bridgehead atoms. The van der Waals surface area contributed by atoms with E-state index in [1.165, 1.54) is 6.42 Å². The molecule has 0 radical (unpaired) electrons. The van der Waals surface area contributed by atoms with Crippen LogP contribution in [0.25, 0.3) is 0 Å². The van der Waals surface area contributed by atoms with Crippen molar-refractivity contribution >= 4 is 5.97 Å². The molecule has 1 heterocycles. The number of hydrogen-bond donors (Lipinski definition) is 1. The van der Waals surface area contributed by atoms with Crippen LogP contribution in [0.2, 0.25) is 0 Å². The summed E-state index contributed by atoms with van der Waals surface area (Å²) >= 11 is 0. The minimum atomic E-state index is -0.834. The third-order valence-electron chi connectivity index (χ3n) is 3.28. The Morgan fingerprint density at radius 3 is 2.94 bits per heavy atom. The number of aliphatic carboxylic acids is 1. The Morgan fingerprint density at radius 2 is 2.39 bits per heavy atom. The Kier molecular flexibility index (Phi) is 3.87. The maximum atomic E-state index is 10.7. The molecule has 1 aromatic rings. The smallest absolute Gasteiger partial charge is 0.317 e. The van der Waals surface area contributed by atoms with Crippen molar-refractivity contribution in [3.63, 3.8) is 0 Å². The van der Waals surface area contributed by atoms with Crippen molar-refractivity contribution in [2.24, 2.45) is 5.92 Å². The molecule has 0 amide bonds. The molecule has 0 spiro atoms. The molecule has 0 aromatic carbocycles. The highest BCUT2D eigenvalue weighted by Gasteiger charge is 2.36. The van der Waals surface area contributed by atoms with E-state index in [-0.39, 0.29) is 6.54 Å². The van der Waals surface area contributed by atoms with E-state index in [1.54, 1.807) is 11.0 Å². The highest BCUT2D eigenvalue weighted by molar-refractivity contribution is 5.69. The van der Waals surface area contributed by atoms with Crippen molar-refractivity contribution < 1.29 is 14.3 Å². The van der Waals surface area contributed by atoms with Gasteiger partial charge >= 0.3 is 5.97 Å². The fourth-order valence-corrected chi connectivity index (χ4v) is 2.18. The Hall–Kier alpha value is -1.55. The monoisotopic (exact) mass is 249 g/mol. The molecule has 2 unspecified atom stereocenters. The third kappa shape index (κ3) is 3.23. The van der Waals surface area contributed by atoms with Gasteiger partial charge in [-0.1, -0.05) is 13.0 Å². The molecule has 1 aliphatic carbocycles. The van der Waals surface area contributed by atoms with Crippen molar-refractivity contribution in [2.45, 2.75) is 25.8 Å². The molecule has 1 saturated carbocycles. The Labute approximate surface area is 107 Å². The van der Waals surface area contributed by atoms with Crippen molar-refractivity contribution in [1.82, 2.24) is 4.90 Å². The van der Waals surface area contributed by atoms with E-state index in [0.717, 1.165) is 11.5 Å². The van der Waals surface area contributed by atoms with Gasteiger partial charge in [-0.25, -0.2) is 0 Å². The minimum absolute atomic E-state index is 0.00187. The van der Waals surface area contributed by atoms with Crippen LogP contribution in [0.3, 0.4) is 0 Å². The number of carbonyl (C=O) groups is 1. The van der Waals surface area contributed by atoms with Crippen LogP contribution < -0.4 is 0 Å². The highest BCUT2D eigenvalue weighted by atomic mass is 16.4. The molecule has 4 nitrogen and oxygen atoms in total. The zero-order valence-electron chi connectivity index (χ0n) is 10.6. The minimum Gasteiger partial charge on any atom is -0.480 e. The molecule has 2 atom stereocenters. The lowest BCUT2D eigenvalue weighted by Crippen LogP contribution is -2.29. The summed E-state index contributed by atoms with van der Waals surface area (Å²) in [5.41, 5.74) is 0. The van der Waals surface area contributed by atoms with E-state index in [4.69, 9.17) is 9.52 Å². The lowest BCUT2D eigenvalue weighted by atomic mass is 10.3. The SMILES string of the molecule is C=CCN(CC(=O)O)Cc1ccc(C2CC2C)o1. The summed E-state index contributed by atoms with van der Waals surface area (Å²) in [6, 6.07) is 3.95. The average molecular weight is 249 g/mol. The van der Waals surface area contributed by atoms with E-state index >= 15 is 0 Å². The standard InChI is InChI=1S/C14H19NO3/c1-3-6-15(9-14(16)17)8-11-4-5-13(18-11)12-7-10(12)2/h3-5,10,12H,1,6-9H2,2H3,(H,16,17). The summed E-state index contributed by atoms with van der Waals surface area (Å²) in [7, 11) is 0. The largest absolute Gasteiger partial charge is 0.480 e. The summed E-state index contributed by atoms with van der Waals surface area (Å²) in [6.07, 6.45) is 2.90. The van der Waals surface area contributed by atoms with Gasteiger partial charge in [0.25, 0.3) is 0 Å². The van der Waals surface area contributed by atoms with Crippen molar-refractivity contribution in [2.75, 3.05) is 13.1 Å².